The minimum absolute atomic E-state index is 0.159. The topological polar surface area (TPSA) is 45.5 Å². The molecule has 0 spiro atoms. The van der Waals surface area contributed by atoms with Crippen LogP contribution in [0, 0.1) is 6.92 Å². The highest BCUT2D eigenvalue weighted by molar-refractivity contribution is 5.98. The SMILES string of the molecule is Cc1c(C(=O)NCC(Cc2ccccc2)N(C)C)oc2ccccc12. The van der Waals surface area contributed by atoms with Crippen molar-refractivity contribution in [1.82, 2.24) is 10.2 Å². The van der Waals surface area contributed by atoms with Gasteiger partial charge in [-0.3, -0.25) is 4.79 Å². The number of fused-ring (bicyclic) bond motifs is 1. The van der Waals surface area contributed by atoms with E-state index in [0.29, 0.717) is 12.3 Å². The molecule has 25 heavy (non-hydrogen) atoms. The first-order valence-electron chi connectivity index (χ1n) is 8.53. The summed E-state index contributed by atoms with van der Waals surface area (Å²) in [5.74, 6) is 0.243. The number of amides is 1. The van der Waals surface area contributed by atoms with Gasteiger partial charge >= 0.3 is 0 Å². The van der Waals surface area contributed by atoms with Crippen LogP contribution in [0.25, 0.3) is 11.0 Å². The molecule has 0 radical (unpaired) electrons. The standard InChI is InChI=1S/C21H24N2O2/c1-15-18-11-7-8-12-19(18)25-20(15)21(24)22-14-17(23(2)3)13-16-9-5-4-6-10-16/h4-12,17H,13-14H2,1-3H3,(H,22,24). The molecule has 130 valence electrons. The summed E-state index contributed by atoms with van der Waals surface area (Å²) in [4.78, 5) is 14.7. The maximum atomic E-state index is 12.6. The Hall–Kier alpha value is -2.59. The van der Waals surface area contributed by atoms with E-state index in [1.165, 1.54) is 5.56 Å². The number of carbonyl (C=O) groups excluding carboxylic acids is 1. The van der Waals surface area contributed by atoms with Gasteiger partial charge in [-0.25, -0.2) is 0 Å². The Balaban J connectivity index is 1.69. The molecule has 4 nitrogen and oxygen atoms in total. The van der Waals surface area contributed by atoms with Crippen molar-refractivity contribution in [3.05, 3.63) is 71.5 Å². The Labute approximate surface area is 148 Å². The molecule has 3 rings (SSSR count). The van der Waals surface area contributed by atoms with Crippen molar-refractivity contribution in [3.63, 3.8) is 0 Å². The number of para-hydroxylation sites is 1. The van der Waals surface area contributed by atoms with E-state index in [1.807, 2.05) is 63.5 Å². The summed E-state index contributed by atoms with van der Waals surface area (Å²) >= 11 is 0. The fraction of sp³-hybridized carbons (Fsp3) is 0.286. The van der Waals surface area contributed by atoms with Gasteiger partial charge in [0.2, 0.25) is 0 Å². The summed E-state index contributed by atoms with van der Waals surface area (Å²) in [6.45, 7) is 2.49. The summed E-state index contributed by atoms with van der Waals surface area (Å²) < 4.78 is 5.75. The maximum Gasteiger partial charge on any atom is 0.287 e. The van der Waals surface area contributed by atoms with Crippen LogP contribution in [0.3, 0.4) is 0 Å². The molecule has 1 N–H and O–H groups in total. The van der Waals surface area contributed by atoms with Crippen LogP contribution < -0.4 is 5.32 Å². The van der Waals surface area contributed by atoms with E-state index in [1.54, 1.807) is 0 Å². The van der Waals surface area contributed by atoms with E-state index in [9.17, 15) is 4.79 Å². The first-order chi connectivity index (χ1) is 12.1. The lowest BCUT2D eigenvalue weighted by molar-refractivity contribution is 0.0915. The molecule has 1 heterocycles. The van der Waals surface area contributed by atoms with Crippen LogP contribution in [0.4, 0.5) is 0 Å². The number of carbonyl (C=O) groups is 1. The molecular weight excluding hydrogens is 312 g/mol. The molecule has 0 fully saturated rings. The third kappa shape index (κ3) is 3.91. The molecule has 0 aliphatic rings. The van der Waals surface area contributed by atoms with Crippen LogP contribution in [0.15, 0.2) is 59.0 Å². The number of hydrogen-bond acceptors (Lipinski definition) is 3. The van der Waals surface area contributed by atoms with Gasteiger partial charge in [-0.05, 0) is 39.1 Å². The second kappa shape index (κ2) is 7.53. The van der Waals surface area contributed by atoms with Crippen LogP contribution in [-0.2, 0) is 6.42 Å². The molecule has 1 aromatic heterocycles. The van der Waals surface area contributed by atoms with Crippen LogP contribution >= 0.6 is 0 Å². The Kier molecular flexibility index (Phi) is 5.19. The zero-order valence-electron chi connectivity index (χ0n) is 15.0. The smallest absolute Gasteiger partial charge is 0.287 e. The fourth-order valence-electron chi connectivity index (χ4n) is 3.01. The quantitative estimate of drug-likeness (QED) is 0.747. The minimum atomic E-state index is -0.159. The number of rotatable bonds is 6. The van der Waals surface area contributed by atoms with Gasteiger partial charge in [0.15, 0.2) is 5.76 Å². The van der Waals surface area contributed by atoms with Crippen molar-refractivity contribution in [2.45, 2.75) is 19.4 Å². The van der Waals surface area contributed by atoms with E-state index in [0.717, 1.165) is 23.0 Å². The van der Waals surface area contributed by atoms with Gasteiger partial charge in [0.05, 0.1) is 0 Å². The molecule has 2 aromatic carbocycles. The first kappa shape index (κ1) is 17.2. The molecule has 0 aliphatic carbocycles. The van der Waals surface area contributed by atoms with Gasteiger partial charge in [0.1, 0.15) is 5.58 Å². The lowest BCUT2D eigenvalue weighted by Gasteiger charge is -2.24. The van der Waals surface area contributed by atoms with Crippen molar-refractivity contribution in [2.24, 2.45) is 0 Å². The van der Waals surface area contributed by atoms with Gasteiger partial charge in [0.25, 0.3) is 5.91 Å². The lowest BCUT2D eigenvalue weighted by atomic mass is 10.1. The largest absolute Gasteiger partial charge is 0.451 e. The highest BCUT2D eigenvalue weighted by Crippen LogP contribution is 2.24. The predicted molar refractivity (Wildman–Crippen MR) is 101 cm³/mol. The van der Waals surface area contributed by atoms with Crippen LogP contribution in [0.5, 0.6) is 0 Å². The predicted octanol–water partition coefficient (Wildman–Crippen LogP) is 3.64. The highest BCUT2D eigenvalue weighted by Gasteiger charge is 2.19. The molecule has 1 amide bonds. The molecule has 0 bridgehead atoms. The molecule has 0 saturated carbocycles. The second-order valence-electron chi connectivity index (χ2n) is 6.57. The molecular formula is C21H24N2O2. The maximum absolute atomic E-state index is 12.6. The van der Waals surface area contributed by atoms with Crippen molar-refractivity contribution in [1.29, 1.82) is 0 Å². The number of furan rings is 1. The van der Waals surface area contributed by atoms with Crippen molar-refractivity contribution in [2.75, 3.05) is 20.6 Å². The van der Waals surface area contributed by atoms with E-state index < -0.39 is 0 Å². The number of nitrogens with zero attached hydrogens (tertiary/aromatic N) is 1. The van der Waals surface area contributed by atoms with E-state index in [-0.39, 0.29) is 11.9 Å². The Morgan fingerprint density at radius 3 is 2.44 bits per heavy atom. The van der Waals surface area contributed by atoms with Gasteiger partial charge in [-0.2, -0.15) is 0 Å². The molecule has 3 aromatic rings. The van der Waals surface area contributed by atoms with Crippen LogP contribution in [0.1, 0.15) is 21.7 Å². The summed E-state index contributed by atoms with van der Waals surface area (Å²) in [7, 11) is 4.07. The summed E-state index contributed by atoms with van der Waals surface area (Å²) in [5, 5.41) is 4.02. The normalized spacial score (nSPS) is 12.5. The van der Waals surface area contributed by atoms with Crippen LogP contribution in [0.2, 0.25) is 0 Å². The number of benzene rings is 2. The average molecular weight is 336 g/mol. The number of likely N-dealkylation sites (N-methyl/N-ethyl adjacent to an activating group) is 1. The molecule has 0 aliphatic heterocycles. The summed E-state index contributed by atoms with van der Waals surface area (Å²) in [5.41, 5.74) is 2.89. The molecule has 1 atom stereocenters. The molecule has 4 heteroatoms. The molecule has 1 unspecified atom stereocenters. The number of hydrogen-bond donors (Lipinski definition) is 1. The zero-order valence-corrected chi connectivity index (χ0v) is 15.0. The number of aryl methyl sites for hydroxylation is 1. The van der Waals surface area contributed by atoms with Crippen molar-refractivity contribution >= 4 is 16.9 Å². The Bertz CT molecular complexity index is 853. The third-order valence-electron chi connectivity index (χ3n) is 4.59. The van der Waals surface area contributed by atoms with Crippen LogP contribution in [-0.4, -0.2) is 37.5 Å². The highest BCUT2D eigenvalue weighted by atomic mass is 16.3. The zero-order chi connectivity index (χ0) is 17.8. The van der Waals surface area contributed by atoms with E-state index in [4.69, 9.17) is 4.42 Å². The van der Waals surface area contributed by atoms with E-state index >= 15 is 0 Å². The van der Waals surface area contributed by atoms with Gasteiger partial charge in [0, 0.05) is 23.5 Å². The average Bonchev–Trinajstić information content (AvgIpc) is 2.96. The third-order valence-corrected chi connectivity index (χ3v) is 4.59. The Morgan fingerprint density at radius 1 is 1.08 bits per heavy atom. The summed E-state index contributed by atoms with van der Waals surface area (Å²) in [6, 6.07) is 18.3. The lowest BCUT2D eigenvalue weighted by Crippen LogP contribution is -2.41. The first-order valence-corrected chi connectivity index (χ1v) is 8.53. The second-order valence-corrected chi connectivity index (χ2v) is 6.57. The fourth-order valence-corrected chi connectivity index (χ4v) is 3.01. The monoisotopic (exact) mass is 336 g/mol. The van der Waals surface area contributed by atoms with Gasteiger partial charge < -0.3 is 14.6 Å². The van der Waals surface area contributed by atoms with E-state index in [2.05, 4.69) is 22.3 Å². The molecule has 0 saturated heterocycles. The van der Waals surface area contributed by atoms with Crippen molar-refractivity contribution < 1.29 is 9.21 Å². The van der Waals surface area contributed by atoms with Crippen molar-refractivity contribution in [3.8, 4) is 0 Å². The minimum Gasteiger partial charge on any atom is -0.451 e. The Morgan fingerprint density at radius 2 is 1.76 bits per heavy atom. The summed E-state index contributed by atoms with van der Waals surface area (Å²) in [6.07, 6.45) is 0.882. The van der Waals surface area contributed by atoms with Gasteiger partial charge in [-0.1, -0.05) is 48.5 Å². The van der Waals surface area contributed by atoms with Gasteiger partial charge in [-0.15, -0.1) is 0 Å². The number of nitrogens with one attached hydrogen (secondary N) is 1.